The maximum atomic E-state index is 11.8. The molecule has 0 saturated carbocycles. The van der Waals surface area contributed by atoms with Crippen LogP contribution in [0.2, 0.25) is 0 Å². The largest absolute Gasteiger partial charge is 0.481 e. The predicted molar refractivity (Wildman–Crippen MR) is 90.3 cm³/mol. The van der Waals surface area contributed by atoms with Crippen molar-refractivity contribution in [2.45, 2.75) is 19.2 Å². The third kappa shape index (κ3) is 4.05. The average Bonchev–Trinajstić information content (AvgIpc) is 2.97. The van der Waals surface area contributed by atoms with E-state index in [1.54, 1.807) is 33.5 Å². The topological polar surface area (TPSA) is 85.6 Å². The van der Waals surface area contributed by atoms with Gasteiger partial charge in [0.25, 0.3) is 0 Å². The number of rotatable bonds is 5. The van der Waals surface area contributed by atoms with Crippen LogP contribution in [0.3, 0.4) is 0 Å². The number of aromatic nitrogens is 4. The molecule has 0 fully saturated rings. The van der Waals surface area contributed by atoms with Gasteiger partial charge in [-0.1, -0.05) is 0 Å². The van der Waals surface area contributed by atoms with E-state index in [1.807, 2.05) is 10.7 Å². The second-order valence-corrected chi connectivity index (χ2v) is 6.02. The number of methoxy groups -OCH3 is 1. The Labute approximate surface area is 146 Å². The predicted octanol–water partition coefficient (Wildman–Crippen LogP) is 0.175. The molecule has 1 unspecified atom stereocenters. The molecule has 3 heterocycles. The summed E-state index contributed by atoms with van der Waals surface area (Å²) in [6, 6.07) is 3.76. The van der Waals surface area contributed by atoms with E-state index < -0.39 is 0 Å². The number of likely N-dealkylation sites (N-methyl/N-ethyl adjacent to an activating group) is 1. The van der Waals surface area contributed by atoms with Gasteiger partial charge in [-0.15, -0.1) is 0 Å². The standard InChI is InChI=1S/C16H22N6O3/c1-20(2)16(23)10-25-13-8-21(7-12-4-5-19-22(12)9-13)14-6-15(24-3)18-11-17-14/h4-6,11,13H,7-10H2,1-3H3. The molecular weight excluding hydrogens is 324 g/mol. The minimum atomic E-state index is -0.189. The van der Waals surface area contributed by atoms with Crippen LogP contribution in [0.25, 0.3) is 0 Å². The molecule has 1 aliphatic heterocycles. The molecule has 0 N–H and O–H groups in total. The van der Waals surface area contributed by atoms with Crippen molar-refractivity contribution in [2.24, 2.45) is 0 Å². The monoisotopic (exact) mass is 346 g/mol. The van der Waals surface area contributed by atoms with Crippen molar-refractivity contribution >= 4 is 11.7 Å². The number of anilines is 1. The van der Waals surface area contributed by atoms with Gasteiger partial charge in [-0.05, 0) is 6.07 Å². The number of amides is 1. The van der Waals surface area contributed by atoms with Gasteiger partial charge in [0, 0.05) is 32.9 Å². The SMILES string of the molecule is COc1cc(N2Cc3ccnn3CC(OCC(=O)N(C)C)C2)ncn1. The second-order valence-electron chi connectivity index (χ2n) is 6.02. The van der Waals surface area contributed by atoms with Gasteiger partial charge in [0.15, 0.2) is 0 Å². The van der Waals surface area contributed by atoms with Crippen LogP contribution in [-0.4, -0.2) is 71.0 Å². The summed E-state index contributed by atoms with van der Waals surface area (Å²) in [6.45, 7) is 1.85. The number of carbonyl (C=O) groups excluding carboxylic acids is 1. The minimum Gasteiger partial charge on any atom is -0.481 e. The Morgan fingerprint density at radius 2 is 2.20 bits per heavy atom. The van der Waals surface area contributed by atoms with Crippen molar-refractivity contribution < 1.29 is 14.3 Å². The first kappa shape index (κ1) is 17.2. The summed E-state index contributed by atoms with van der Waals surface area (Å²) in [5.74, 6) is 1.18. The summed E-state index contributed by atoms with van der Waals surface area (Å²) in [5.41, 5.74) is 1.06. The molecule has 0 radical (unpaired) electrons. The highest BCUT2D eigenvalue weighted by Gasteiger charge is 2.25. The van der Waals surface area contributed by atoms with Crippen molar-refractivity contribution in [3.05, 3.63) is 30.4 Å². The van der Waals surface area contributed by atoms with Crippen LogP contribution in [0.15, 0.2) is 24.7 Å². The van der Waals surface area contributed by atoms with E-state index in [-0.39, 0.29) is 18.6 Å². The molecule has 1 aliphatic rings. The van der Waals surface area contributed by atoms with Gasteiger partial charge in [0.2, 0.25) is 11.8 Å². The van der Waals surface area contributed by atoms with Crippen LogP contribution >= 0.6 is 0 Å². The summed E-state index contributed by atoms with van der Waals surface area (Å²) in [7, 11) is 5.00. The minimum absolute atomic E-state index is 0.0369. The van der Waals surface area contributed by atoms with Crippen LogP contribution in [0, 0.1) is 0 Å². The van der Waals surface area contributed by atoms with Gasteiger partial charge < -0.3 is 19.3 Å². The number of hydrogen-bond acceptors (Lipinski definition) is 7. The highest BCUT2D eigenvalue weighted by atomic mass is 16.5. The molecule has 1 amide bonds. The normalized spacial score (nSPS) is 16.9. The van der Waals surface area contributed by atoms with E-state index in [0.717, 1.165) is 11.5 Å². The zero-order valence-electron chi connectivity index (χ0n) is 14.6. The number of hydrogen-bond donors (Lipinski definition) is 0. The number of ether oxygens (including phenoxy) is 2. The smallest absolute Gasteiger partial charge is 0.248 e. The summed E-state index contributed by atoms with van der Waals surface area (Å²) < 4.78 is 12.9. The lowest BCUT2D eigenvalue weighted by Crippen LogP contribution is -2.36. The molecule has 0 aliphatic carbocycles. The first-order valence-electron chi connectivity index (χ1n) is 8.00. The van der Waals surface area contributed by atoms with E-state index in [9.17, 15) is 4.79 Å². The molecule has 0 spiro atoms. The molecule has 9 heteroatoms. The second kappa shape index (κ2) is 7.47. The molecule has 0 bridgehead atoms. The molecule has 9 nitrogen and oxygen atoms in total. The molecule has 25 heavy (non-hydrogen) atoms. The summed E-state index contributed by atoms with van der Waals surface area (Å²) in [4.78, 5) is 23.8. The average molecular weight is 346 g/mol. The van der Waals surface area contributed by atoms with E-state index >= 15 is 0 Å². The third-order valence-corrected chi connectivity index (χ3v) is 4.06. The lowest BCUT2D eigenvalue weighted by Gasteiger charge is -2.25. The molecule has 2 aromatic rings. The van der Waals surface area contributed by atoms with Gasteiger partial charge in [0.1, 0.15) is 18.8 Å². The van der Waals surface area contributed by atoms with Gasteiger partial charge in [-0.3, -0.25) is 9.48 Å². The first-order valence-corrected chi connectivity index (χ1v) is 8.00. The molecule has 1 atom stereocenters. The molecule has 3 rings (SSSR count). The fourth-order valence-corrected chi connectivity index (χ4v) is 2.63. The highest BCUT2D eigenvalue weighted by molar-refractivity contribution is 5.76. The van der Waals surface area contributed by atoms with E-state index in [2.05, 4.69) is 20.0 Å². The van der Waals surface area contributed by atoms with Crippen LogP contribution in [0.1, 0.15) is 5.69 Å². The maximum absolute atomic E-state index is 11.8. The first-order chi connectivity index (χ1) is 12.1. The molecule has 0 aromatic carbocycles. The van der Waals surface area contributed by atoms with Crippen molar-refractivity contribution in [1.82, 2.24) is 24.6 Å². The zero-order valence-corrected chi connectivity index (χ0v) is 14.6. The Kier molecular flexibility index (Phi) is 5.13. The number of nitrogens with zero attached hydrogens (tertiary/aromatic N) is 6. The van der Waals surface area contributed by atoms with Gasteiger partial charge in [-0.2, -0.15) is 5.10 Å². The van der Waals surface area contributed by atoms with Crippen molar-refractivity contribution in [1.29, 1.82) is 0 Å². The lowest BCUT2D eigenvalue weighted by atomic mass is 10.3. The van der Waals surface area contributed by atoms with E-state index in [4.69, 9.17) is 9.47 Å². The summed E-state index contributed by atoms with van der Waals surface area (Å²) >= 11 is 0. The third-order valence-electron chi connectivity index (χ3n) is 4.06. The van der Waals surface area contributed by atoms with Crippen molar-refractivity contribution in [3.63, 3.8) is 0 Å². The van der Waals surface area contributed by atoms with Gasteiger partial charge in [0.05, 0.1) is 32.0 Å². The maximum Gasteiger partial charge on any atom is 0.248 e. The van der Waals surface area contributed by atoms with E-state index in [1.165, 1.54) is 11.2 Å². The summed E-state index contributed by atoms with van der Waals surface area (Å²) in [6.07, 6.45) is 3.05. The number of carbonyl (C=O) groups is 1. The molecule has 134 valence electrons. The molecule has 0 saturated heterocycles. The van der Waals surface area contributed by atoms with Gasteiger partial charge >= 0.3 is 0 Å². The Morgan fingerprint density at radius 1 is 1.36 bits per heavy atom. The fraction of sp³-hybridized carbons (Fsp3) is 0.500. The van der Waals surface area contributed by atoms with Crippen LogP contribution in [0.5, 0.6) is 5.88 Å². The fourth-order valence-electron chi connectivity index (χ4n) is 2.63. The van der Waals surface area contributed by atoms with Crippen molar-refractivity contribution in [3.8, 4) is 5.88 Å². The van der Waals surface area contributed by atoms with E-state index in [0.29, 0.717) is 25.5 Å². The Bertz CT molecular complexity index is 732. The van der Waals surface area contributed by atoms with Crippen LogP contribution in [0.4, 0.5) is 5.82 Å². The Hall–Kier alpha value is -2.68. The highest BCUT2D eigenvalue weighted by Crippen LogP contribution is 2.21. The quantitative estimate of drug-likeness (QED) is 0.763. The zero-order chi connectivity index (χ0) is 17.8. The van der Waals surface area contributed by atoms with Crippen LogP contribution in [-0.2, 0) is 22.6 Å². The van der Waals surface area contributed by atoms with Gasteiger partial charge in [-0.25, -0.2) is 9.97 Å². The Morgan fingerprint density at radius 3 is 2.96 bits per heavy atom. The molecule has 2 aromatic heterocycles. The molecular formula is C16H22N6O3. The summed E-state index contributed by atoms with van der Waals surface area (Å²) in [5, 5.41) is 4.35. The Balaban J connectivity index is 1.80. The number of fused-ring (bicyclic) bond motifs is 1. The van der Waals surface area contributed by atoms with Crippen LogP contribution < -0.4 is 9.64 Å². The van der Waals surface area contributed by atoms with Crippen molar-refractivity contribution in [2.75, 3.05) is 39.3 Å². The lowest BCUT2D eigenvalue weighted by molar-refractivity contribution is -0.135.